The Kier molecular flexibility index (Phi) is 10.4. The minimum Gasteiger partial charge on any atom is -0.427 e. The monoisotopic (exact) mass is 420 g/mol. The predicted molar refractivity (Wildman–Crippen MR) is 109 cm³/mol. The van der Waals surface area contributed by atoms with Gasteiger partial charge in [-0.2, -0.15) is 12.0 Å². The highest BCUT2D eigenvalue weighted by Gasteiger charge is 2.24. The molecule has 0 heterocycles. The van der Waals surface area contributed by atoms with Crippen molar-refractivity contribution in [1.29, 1.82) is 0 Å². The van der Waals surface area contributed by atoms with Gasteiger partial charge in [-0.3, -0.25) is 8.98 Å². The maximum Gasteiger partial charge on any atom is 0.409 e. The van der Waals surface area contributed by atoms with Crippen LogP contribution in [0.2, 0.25) is 0 Å². The maximum absolute atomic E-state index is 11.9. The van der Waals surface area contributed by atoms with Gasteiger partial charge in [0, 0.05) is 11.3 Å². The second-order valence-electron chi connectivity index (χ2n) is 6.69. The summed E-state index contributed by atoms with van der Waals surface area (Å²) >= 11 is 0. The summed E-state index contributed by atoms with van der Waals surface area (Å²) in [7, 11) is -5.03. The van der Waals surface area contributed by atoms with Gasteiger partial charge in [-0.05, 0) is 43.2 Å². The second kappa shape index (κ2) is 11.7. The molecule has 0 spiro atoms. The first-order valence-corrected chi connectivity index (χ1v) is 13.0. The average Bonchev–Trinajstić information content (AvgIpc) is 2.60. The molecule has 156 valence electrons. The van der Waals surface area contributed by atoms with Crippen molar-refractivity contribution in [3.63, 3.8) is 0 Å². The van der Waals surface area contributed by atoms with Gasteiger partial charge in [-0.15, -0.1) is 0 Å². The molecule has 0 bridgehead atoms. The number of ether oxygens (including phenoxy) is 1. The van der Waals surface area contributed by atoms with Crippen LogP contribution in [0.1, 0.15) is 58.3 Å². The number of hydrogen-bond acceptors (Lipinski definition) is 6. The average molecular weight is 421 g/mol. The van der Waals surface area contributed by atoms with Crippen molar-refractivity contribution in [3.05, 3.63) is 24.3 Å². The minimum atomic E-state index is -4.02. The Hall–Kier alpha value is -1.09. The quantitative estimate of drug-likeness (QED) is 0.254. The highest BCUT2D eigenvalue weighted by Crippen LogP contribution is 2.51. The Morgan fingerprint density at radius 1 is 0.926 bits per heavy atom. The number of hydrogen-bond donors (Lipinski definition) is 0. The zero-order valence-electron chi connectivity index (χ0n) is 16.7. The molecule has 0 aliphatic carbocycles. The topological polar surface area (TPSA) is 78.9 Å². The van der Waals surface area contributed by atoms with Crippen molar-refractivity contribution in [2.75, 3.05) is 19.6 Å². The van der Waals surface area contributed by atoms with E-state index in [4.69, 9.17) is 8.37 Å². The third kappa shape index (κ3) is 9.60. The molecule has 0 saturated carbocycles. The molecule has 8 heteroatoms. The van der Waals surface area contributed by atoms with Gasteiger partial charge < -0.3 is 4.74 Å². The van der Waals surface area contributed by atoms with Gasteiger partial charge in [-0.25, -0.2) is 0 Å². The Balaban J connectivity index is 2.44. The SMILES string of the molecule is CCCCCCCCCC(=O)Oc1ccc(S(C)(C)OS(=O)(=O)OC)cc1. The van der Waals surface area contributed by atoms with E-state index in [1.54, 1.807) is 36.8 Å². The van der Waals surface area contributed by atoms with Crippen LogP contribution in [0.5, 0.6) is 5.75 Å². The number of unbranched alkanes of at least 4 members (excludes halogenated alkanes) is 6. The number of carbonyl (C=O) groups excluding carboxylic acids is 1. The van der Waals surface area contributed by atoms with E-state index in [1.165, 1.54) is 25.7 Å². The summed E-state index contributed by atoms with van der Waals surface area (Å²) < 4.78 is 37.8. The second-order valence-corrected chi connectivity index (χ2v) is 11.3. The highest BCUT2D eigenvalue weighted by atomic mass is 32.3. The molecule has 0 amide bonds. The molecule has 1 aromatic rings. The van der Waals surface area contributed by atoms with E-state index in [1.807, 2.05) is 0 Å². The van der Waals surface area contributed by atoms with E-state index in [-0.39, 0.29) is 5.97 Å². The highest BCUT2D eigenvalue weighted by molar-refractivity contribution is 8.31. The lowest BCUT2D eigenvalue weighted by atomic mass is 10.1. The van der Waals surface area contributed by atoms with Crippen molar-refractivity contribution < 1.29 is 25.8 Å². The lowest BCUT2D eigenvalue weighted by molar-refractivity contribution is -0.134. The van der Waals surface area contributed by atoms with E-state index >= 15 is 0 Å². The molecular formula is C19H32O6S2. The van der Waals surface area contributed by atoms with Gasteiger partial charge in [0.1, 0.15) is 5.75 Å². The van der Waals surface area contributed by atoms with Crippen LogP contribution in [0.15, 0.2) is 29.2 Å². The van der Waals surface area contributed by atoms with Crippen LogP contribution in [0, 0.1) is 0 Å². The molecule has 0 N–H and O–H groups in total. The van der Waals surface area contributed by atoms with Crippen LogP contribution in [-0.4, -0.2) is 34.0 Å². The largest absolute Gasteiger partial charge is 0.427 e. The normalized spacial score (nSPS) is 12.7. The smallest absolute Gasteiger partial charge is 0.409 e. The molecule has 0 aliphatic rings. The molecule has 0 unspecified atom stereocenters. The number of esters is 1. The lowest BCUT2D eigenvalue weighted by Gasteiger charge is -2.29. The van der Waals surface area contributed by atoms with Crippen LogP contribution in [0.4, 0.5) is 0 Å². The van der Waals surface area contributed by atoms with Gasteiger partial charge in [0.15, 0.2) is 0 Å². The Bertz CT molecular complexity index is 668. The van der Waals surface area contributed by atoms with Gasteiger partial charge in [0.05, 0.1) is 7.11 Å². The van der Waals surface area contributed by atoms with Crippen LogP contribution in [0.3, 0.4) is 0 Å². The van der Waals surface area contributed by atoms with E-state index in [0.717, 1.165) is 26.4 Å². The third-order valence-electron chi connectivity index (χ3n) is 4.07. The standard InChI is InChI=1S/C19H32O6S2/c1-5-6-7-8-9-10-11-12-19(20)24-17-13-15-18(16-14-17)26(3,4)25-27(21,22)23-2/h13-16H,5-12H2,1-4H3. The number of benzene rings is 1. The third-order valence-corrected chi connectivity index (χ3v) is 7.91. The van der Waals surface area contributed by atoms with Crippen LogP contribution < -0.4 is 4.74 Å². The molecule has 27 heavy (non-hydrogen) atoms. The zero-order chi connectivity index (χ0) is 20.3. The van der Waals surface area contributed by atoms with E-state index < -0.39 is 20.7 Å². The van der Waals surface area contributed by atoms with Gasteiger partial charge in [0.25, 0.3) is 0 Å². The summed E-state index contributed by atoms with van der Waals surface area (Å²) in [5, 5.41) is 0. The van der Waals surface area contributed by atoms with Crippen LogP contribution >= 0.6 is 10.3 Å². The maximum atomic E-state index is 11.9. The van der Waals surface area contributed by atoms with Crippen molar-refractivity contribution >= 4 is 26.7 Å². The fraction of sp³-hybridized carbons (Fsp3) is 0.632. The molecule has 0 aliphatic heterocycles. The Labute approximate surface area is 165 Å². The summed E-state index contributed by atoms with van der Waals surface area (Å²) in [5.41, 5.74) is 0. The van der Waals surface area contributed by atoms with Crippen LogP contribution in [0.25, 0.3) is 0 Å². The summed E-state index contributed by atoms with van der Waals surface area (Å²) in [5.74, 6) is 0.192. The number of carbonyl (C=O) groups is 1. The van der Waals surface area contributed by atoms with Gasteiger partial charge >= 0.3 is 16.4 Å². The molecule has 0 atom stereocenters. The molecule has 0 fully saturated rings. The molecule has 0 radical (unpaired) electrons. The van der Waals surface area contributed by atoms with E-state index in [0.29, 0.717) is 17.1 Å². The van der Waals surface area contributed by atoms with Crippen molar-refractivity contribution in [2.24, 2.45) is 0 Å². The first-order chi connectivity index (χ1) is 12.7. The zero-order valence-corrected chi connectivity index (χ0v) is 18.4. The Morgan fingerprint density at radius 3 is 2.04 bits per heavy atom. The summed E-state index contributed by atoms with van der Waals surface area (Å²) in [6, 6.07) is 6.71. The fourth-order valence-electron chi connectivity index (χ4n) is 2.52. The van der Waals surface area contributed by atoms with Gasteiger partial charge in [0.2, 0.25) is 0 Å². The van der Waals surface area contributed by atoms with E-state index in [2.05, 4.69) is 11.1 Å². The lowest BCUT2D eigenvalue weighted by Crippen LogP contribution is -2.12. The summed E-state index contributed by atoms with van der Waals surface area (Å²) in [6.45, 7) is 2.19. The molecule has 0 aromatic heterocycles. The predicted octanol–water partition coefficient (Wildman–Crippen LogP) is 4.98. The van der Waals surface area contributed by atoms with Crippen molar-refractivity contribution in [1.82, 2.24) is 0 Å². The minimum absolute atomic E-state index is 0.249. The first kappa shape index (κ1) is 23.9. The Morgan fingerprint density at radius 2 is 1.48 bits per heavy atom. The molecule has 1 aromatic carbocycles. The number of rotatable bonds is 13. The van der Waals surface area contributed by atoms with Gasteiger partial charge in [-0.1, -0.05) is 55.8 Å². The first-order valence-electron chi connectivity index (χ1n) is 9.26. The molecule has 0 saturated heterocycles. The molecule has 6 nitrogen and oxygen atoms in total. The summed E-state index contributed by atoms with van der Waals surface area (Å²) in [6.07, 6.45) is 11.8. The molecular weight excluding hydrogens is 388 g/mol. The fourth-order valence-corrected chi connectivity index (χ4v) is 5.51. The molecule has 1 rings (SSSR count). The summed E-state index contributed by atoms with van der Waals surface area (Å²) in [4.78, 5) is 12.6. The van der Waals surface area contributed by atoms with Crippen LogP contribution in [-0.2, 0) is 23.0 Å². The van der Waals surface area contributed by atoms with E-state index in [9.17, 15) is 13.2 Å². The van der Waals surface area contributed by atoms with Crippen molar-refractivity contribution in [2.45, 2.75) is 63.2 Å². The van der Waals surface area contributed by atoms with Crippen molar-refractivity contribution in [3.8, 4) is 5.75 Å².